The van der Waals surface area contributed by atoms with E-state index in [-0.39, 0.29) is 5.41 Å². The lowest BCUT2D eigenvalue weighted by atomic mass is 9.49. The van der Waals surface area contributed by atoms with Crippen molar-refractivity contribution in [2.24, 2.45) is 46.3 Å². The number of hydrogen-bond acceptors (Lipinski definition) is 1. The van der Waals surface area contributed by atoms with Crippen molar-refractivity contribution in [2.75, 3.05) is 0 Å². The van der Waals surface area contributed by atoms with Crippen molar-refractivity contribution < 1.29 is 4.79 Å². The van der Waals surface area contributed by atoms with Gasteiger partial charge in [-0.15, -0.1) is 0 Å². The first-order valence-electron chi connectivity index (χ1n) is 10.9. The molecule has 0 saturated heterocycles. The SMILES string of the molecule is CC(C)CC(C)(C)C(=O)CCC1=C2C3C[C@]4(C)CC(C(C)C1)C2C3C4. The minimum atomic E-state index is -0.149. The van der Waals surface area contributed by atoms with Gasteiger partial charge in [0, 0.05) is 11.8 Å². The van der Waals surface area contributed by atoms with Crippen LogP contribution in [-0.4, -0.2) is 5.78 Å². The summed E-state index contributed by atoms with van der Waals surface area (Å²) < 4.78 is 0. The molecule has 5 unspecified atom stereocenters. The molecular weight excluding hydrogens is 304 g/mol. The lowest BCUT2D eigenvalue weighted by Crippen LogP contribution is -2.48. The summed E-state index contributed by atoms with van der Waals surface area (Å²) in [5.74, 6) is 5.70. The molecule has 0 heterocycles. The van der Waals surface area contributed by atoms with E-state index in [1.165, 1.54) is 25.7 Å². The number of allylic oxidation sites excluding steroid dienone is 2. The molecule has 2 bridgehead atoms. The summed E-state index contributed by atoms with van der Waals surface area (Å²) in [6.45, 7) is 13.8. The summed E-state index contributed by atoms with van der Waals surface area (Å²) in [6, 6.07) is 0. The normalized spacial score (nSPS) is 42.0. The standard InChI is InChI=1S/C24H38O/c1-14(2)10-23(4,5)20(25)8-7-16-9-15(3)17-11-24(6)12-18-19(13-24)22(17)21(16)18/h14-15,17-19,22H,7-13H2,1-6H3/t15?,17?,18?,19?,22?,24-/m0/s1. The fourth-order valence-electron chi connectivity index (χ4n) is 7.66. The summed E-state index contributed by atoms with van der Waals surface area (Å²) in [6.07, 6.45) is 8.55. The quantitative estimate of drug-likeness (QED) is 0.508. The van der Waals surface area contributed by atoms with E-state index < -0.39 is 0 Å². The number of rotatable bonds is 6. The van der Waals surface area contributed by atoms with Gasteiger partial charge in [0.05, 0.1) is 0 Å². The zero-order valence-electron chi connectivity index (χ0n) is 17.3. The van der Waals surface area contributed by atoms with E-state index in [2.05, 4.69) is 41.5 Å². The topological polar surface area (TPSA) is 17.1 Å². The Hall–Kier alpha value is -0.590. The molecule has 25 heavy (non-hydrogen) atoms. The van der Waals surface area contributed by atoms with Crippen LogP contribution in [0, 0.1) is 46.3 Å². The summed E-state index contributed by atoms with van der Waals surface area (Å²) in [7, 11) is 0. The monoisotopic (exact) mass is 342 g/mol. The number of fused-ring (bicyclic) bond motifs is 2. The number of carbonyl (C=O) groups is 1. The molecule has 0 aromatic heterocycles. The molecule has 3 saturated carbocycles. The van der Waals surface area contributed by atoms with Gasteiger partial charge in [-0.2, -0.15) is 0 Å². The minimum absolute atomic E-state index is 0.149. The van der Waals surface area contributed by atoms with Crippen molar-refractivity contribution in [3.8, 4) is 0 Å². The van der Waals surface area contributed by atoms with Crippen molar-refractivity contribution in [3.05, 3.63) is 11.1 Å². The molecule has 0 aromatic rings. The van der Waals surface area contributed by atoms with Crippen LogP contribution in [0.5, 0.6) is 0 Å². The fourth-order valence-corrected chi connectivity index (χ4v) is 7.66. The van der Waals surface area contributed by atoms with E-state index in [0.29, 0.717) is 17.1 Å². The Kier molecular flexibility index (Phi) is 4.06. The number of Topliss-reactive ketones (excluding diaryl/α,β-unsaturated/α-hetero) is 1. The Morgan fingerprint density at radius 2 is 1.88 bits per heavy atom. The Labute approximate surface area is 155 Å². The molecule has 140 valence electrons. The predicted octanol–water partition coefficient (Wildman–Crippen LogP) is 6.43. The van der Waals surface area contributed by atoms with E-state index >= 15 is 0 Å². The Morgan fingerprint density at radius 1 is 1.20 bits per heavy atom. The van der Waals surface area contributed by atoms with Crippen molar-refractivity contribution in [3.63, 3.8) is 0 Å². The highest BCUT2D eigenvalue weighted by Gasteiger charge is 2.64. The van der Waals surface area contributed by atoms with Crippen LogP contribution in [0.2, 0.25) is 0 Å². The van der Waals surface area contributed by atoms with Gasteiger partial charge >= 0.3 is 0 Å². The molecule has 0 radical (unpaired) electrons. The molecule has 0 aliphatic heterocycles. The van der Waals surface area contributed by atoms with Crippen LogP contribution in [-0.2, 0) is 4.79 Å². The van der Waals surface area contributed by atoms with E-state index in [0.717, 1.165) is 48.9 Å². The van der Waals surface area contributed by atoms with Gasteiger partial charge in [-0.3, -0.25) is 4.79 Å². The smallest absolute Gasteiger partial charge is 0.138 e. The highest BCUT2D eigenvalue weighted by Crippen LogP contribution is 2.73. The molecule has 4 aliphatic carbocycles. The van der Waals surface area contributed by atoms with Gasteiger partial charge in [0.2, 0.25) is 0 Å². The summed E-state index contributed by atoms with van der Waals surface area (Å²) in [5, 5.41) is 0. The Balaban J connectivity index is 1.50. The van der Waals surface area contributed by atoms with E-state index in [1.807, 2.05) is 5.57 Å². The van der Waals surface area contributed by atoms with E-state index in [1.54, 1.807) is 5.57 Å². The average Bonchev–Trinajstić information content (AvgIpc) is 2.63. The van der Waals surface area contributed by atoms with Crippen molar-refractivity contribution >= 4 is 5.78 Å². The van der Waals surface area contributed by atoms with Crippen molar-refractivity contribution in [2.45, 2.75) is 86.5 Å². The van der Waals surface area contributed by atoms with Crippen molar-refractivity contribution in [1.82, 2.24) is 0 Å². The maximum absolute atomic E-state index is 12.9. The van der Waals surface area contributed by atoms with Gasteiger partial charge in [-0.1, -0.05) is 52.7 Å². The van der Waals surface area contributed by atoms with E-state index in [9.17, 15) is 4.79 Å². The van der Waals surface area contributed by atoms with Crippen LogP contribution in [0.3, 0.4) is 0 Å². The Bertz CT molecular complexity index is 610. The Morgan fingerprint density at radius 3 is 2.56 bits per heavy atom. The maximum atomic E-state index is 12.9. The highest BCUT2D eigenvalue weighted by atomic mass is 16.1. The molecule has 1 nitrogen and oxygen atoms in total. The zero-order valence-corrected chi connectivity index (χ0v) is 17.3. The third kappa shape index (κ3) is 2.76. The maximum Gasteiger partial charge on any atom is 0.138 e. The molecule has 0 N–H and O–H groups in total. The van der Waals surface area contributed by atoms with Gasteiger partial charge in [0.25, 0.3) is 0 Å². The van der Waals surface area contributed by atoms with Gasteiger partial charge < -0.3 is 0 Å². The molecule has 4 rings (SSSR count). The van der Waals surface area contributed by atoms with Crippen LogP contribution in [0.15, 0.2) is 11.1 Å². The molecule has 0 aromatic carbocycles. The molecule has 0 spiro atoms. The molecule has 4 aliphatic rings. The second-order valence-corrected chi connectivity index (χ2v) is 11.5. The van der Waals surface area contributed by atoms with Crippen LogP contribution in [0.4, 0.5) is 0 Å². The van der Waals surface area contributed by atoms with Crippen LogP contribution in [0.1, 0.15) is 86.5 Å². The first kappa shape index (κ1) is 17.8. The molecular formula is C24H38O. The van der Waals surface area contributed by atoms with Gasteiger partial charge in [-0.25, -0.2) is 0 Å². The van der Waals surface area contributed by atoms with Gasteiger partial charge in [0.15, 0.2) is 0 Å². The fraction of sp³-hybridized carbons (Fsp3) is 0.875. The van der Waals surface area contributed by atoms with Crippen LogP contribution >= 0.6 is 0 Å². The molecule has 0 amide bonds. The van der Waals surface area contributed by atoms with E-state index in [4.69, 9.17) is 0 Å². The first-order chi connectivity index (χ1) is 11.6. The summed E-state index contributed by atoms with van der Waals surface area (Å²) >= 11 is 0. The zero-order chi connectivity index (χ0) is 18.1. The largest absolute Gasteiger partial charge is 0.299 e. The number of hydrogen-bond donors (Lipinski definition) is 0. The van der Waals surface area contributed by atoms with Gasteiger partial charge in [-0.05, 0) is 79.4 Å². The average molecular weight is 343 g/mol. The van der Waals surface area contributed by atoms with Gasteiger partial charge in [0.1, 0.15) is 5.78 Å². The van der Waals surface area contributed by atoms with Crippen molar-refractivity contribution in [1.29, 1.82) is 0 Å². The predicted molar refractivity (Wildman–Crippen MR) is 104 cm³/mol. The third-order valence-corrected chi connectivity index (χ3v) is 8.40. The highest BCUT2D eigenvalue weighted by molar-refractivity contribution is 5.84. The second-order valence-electron chi connectivity index (χ2n) is 11.5. The molecule has 3 fully saturated rings. The molecule has 1 heteroatoms. The lowest BCUT2D eigenvalue weighted by molar-refractivity contribution is -0.127. The minimum Gasteiger partial charge on any atom is -0.299 e. The number of carbonyl (C=O) groups excluding carboxylic acids is 1. The third-order valence-electron chi connectivity index (χ3n) is 8.40. The number of ketones is 1. The summed E-state index contributed by atoms with van der Waals surface area (Å²) in [5.41, 5.74) is 4.07. The molecule has 6 atom stereocenters. The van der Waals surface area contributed by atoms with Crippen LogP contribution < -0.4 is 0 Å². The second kappa shape index (κ2) is 5.70. The lowest BCUT2D eigenvalue weighted by Gasteiger charge is -2.56. The van der Waals surface area contributed by atoms with Crippen LogP contribution in [0.25, 0.3) is 0 Å². The first-order valence-corrected chi connectivity index (χ1v) is 10.9. The summed E-state index contributed by atoms with van der Waals surface area (Å²) in [4.78, 5) is 12.9.